The maximum absolute atomic E-state index is 14.7. The van der Waals surface area contributed by atoms with E-state index in [-0.39, 0.29) is 5.56 Å². The first-order valence-electron chi connectivity index (χ1n) is 13.3. The summed E-state index contributed by atoms with van der Waals surface area (Å²) in [4.78, 5) is 18.8. The Morgan fingerprint density at radius 1 is 1.00 bits per heavy atom. The number of nitriles is 1. The minimum Gasteiger partial charge on any atom is -0.372 e. The zero-order valence-electron chi connectivity index (χ0n) is 21.5. The van der Waals surface area contributed by atoms with Gasteiger partial charge in [-0.1, -0.05) is 0 Å². The van der Waals surface area contributed by atoms with E-state index in [1.54, 1.807) is 6.07 Å². The minimum absolute atomic E-state index is 0.0159. The molecule has 2 fully saturated rings. The van der Waals surface area contributed by atoms with Crippen LogP contribution in [0, 0.1) is 23.1 Å². The van der Waals surface area contributed by atoms with Gasteiger partial charge in [-0.15, -0.1) is 0 Å². The molecule has 6 rings (SSSR count). The fourth-order valence-electron chi connectivity index (χ4n) is 5.75. The summed E-state index contributed by atoms with van der Waals surface area (Å²) >= 11 is 0. The Morgan fingerprint density at radius 2 is 1.76 bits per heavy atom. The zero-order chi connectivity index (χ0) is 26.1. The number of nitrogens with zero attached hydrogens (tertiary/aromatic N) is 7. The summed E-state index contributed by atoms with van der Waals surface area (Å²) in [6.07, 6.45) is 8.50. The Balaban J connectivity index is 1.50. The molecule has 38 heavy (non-hydrogen) atoms. The summed E-state index contributed by atoms with van der Waals surface area (Å²) in [7, 11) is 1.82. The second-order valence-corrected chi connectivity index (χ2v) is 10.0. The number of benzene rings is 2. The molecule has 0 spiro atoms. The molecule has 0 amide bonds. The number of halogens is 1. The topological polar surface area (TPSA) is 73.3 Å². The van der Waals surface area contributed by atoms with Crippen LogP contribution >= 0.6 is 0 Å². The van der Waals surface area contributed by atoms with Crippen molar-refractivity contribution in [3.63, 3.8) is 0 Å². The highest BCUT2D eigenvalue weighted by molar-refractivity contribution is 5.91. The average Bonchev–Trinajstić information content (AvgIpc) is 3.62. The normalized spacial score (nSPS) is 18.0. The molecule has 2 aromatic heterocycles. The lowest BCUT2D eigenvalue weighted by Gasteiger charge is -2.32. The maximum atomic E-state index is 14.7. The molecule has 192 valence electrons. The number of fused-ring (bicyclic) bond motifs is 1. The standard InChI is InChI=1S/C30H30FN7/c1-33-19-21-5-4-16-37(20-21)27-12-13-34-30-28(27)35-29(22-6-7-23(18-32)26(31)17-22)38(30)25-10-8-24(9-11-25)36-14-2-3-15-36/h6-13,17,19,21H,2-5,14-16,20H2,1H3. The van der Waals surface area contributed by atoms with Gasteiger partial charge in [-0.25, -0.2) is 14.4 Å². The molecule has 0 saturated carbocycles. The first kappa shape index (κ1) is 24.1. The number of piperidine rings is 1. The van der Waals surface area contributed by atoms with Crippen LogP contribution in [0.3, 0.4) is 0 Å². The summed E-state index contributed by atoms with van der Waals surface area (Å²) in [5, 5.41) is 9.24. The van der Waals surface area contributed by atoms with E-state index >= 15 is 0 Å². The van der Waals surface area contributed by atoms with Crippen LogP contribution in [0.15, 0.2) is 59.7 Å². The first-order chi connectivity index (χ1) is 18.7. The number of anilines is 2. The zero-order valence-corrected chi connectivity index (χ0v) is 21.5. The molecule has 0 bridgehead atoms. The molecular weight excluding hydrogens is 477 g/mol. The van der Waals surface area contributed by atoms with Gasteiger partial charge >= 0.3 is 0 Å². The van der Waals surface area contributed by atoms with Crippen LogP contribution in [0.5, 0.6) is 0 Å². The lowest BCUT2D eigenvalue weighted by molar-refractivity contribution is 0.514. The van der Waals surface area contributed by atoms with Crippen molar-refractivity contribution in [1.82, 2.24) is 14.5 Å². The summed E-state index contributed by atoms with van der Waals surface area (Å²) in [6, 6.07) is 17.0. The average molecular weight is 508 g/mol. The third-order valence-corrected chi connectivity index (χ3v) is 7.61. The molecule has 1 atom stereocenters. The first-order valence-corrected chi connectivity index (χ1v) is 13.3. The summed E-state index contributed by atoms with van der Waals surface area (Å²) < 4.78 is 16.7. The number of imidazole rings is 1. The third-order valence-electron chi connectivity index (χ3n) is 7.61. The van der Waals surface area contributed by atoms with E-state index in [1.165, 1.54) is 30.7 Å². The van der Waals surface area contributed by atoms with E-state index in [1.807, 2.05) is 36.2 Å². The van der Waals surface area contributed by atoms with Crippen LogP contribution < -0.4 is 9.80 Å². The Morgan fingerprint density at radius 3 is 2.50 bits per heavy atom. The van der Waals surface area contributed by atoms with Gasteiger partial charge in [0.2, 0.25) is 0 Å². The number of hydrogen-bond donors (Lipinski definition) is 0. The predicted molar refractivity (Wildman–Crippen MR) is 150 cm³/mol. The quantitative estimate of drug-likeness (QED) is 0.328. The Kier molecular flexibility index (Phi) is 6.50. The molecule has 1 unspecified atom stereocenters. The van der Waals surface area contributed by atoms with E-state index in [2.05, 4.69) is 39.1 Å². The fraction of sp³-hybridized carbons (Fsp3) is 0.333. The van der Waals surface area contributed by atoms with Crippen LogP contribution in [-0.4, -0.2) is 54.0 Å². The molecular formula is C30H30FN7. The fourth-order valence-corrected chi connectivity index (χ4v) is 5.75. The van der Waals surface area contributed by atoms with Crippen LogP contribution in [-0.2, 0) is 0 Å². The highest BCUT2D eigenvalue weighted by atomic mass is 19.1. The van der Waals surface area contributed by atoms with Gasteiger partial charge in [-0.2, -0.15) is 5.26 Å². The van der Waals surface area contributed by atoms with E-state index in [9.17, 15) is 9.65 Å². The van der Waals surface area contributed by atoms with Crippen molar-refractivity contribution in [1.29, 1.82) is 5.26 Å². The Hall–Kier alpha value is -4.25. The Labute approximate surface area is 221 Å². The SMILES string of the molecule is CN=CC1CCCN(c2ccnc3c2nc(-c2ccc(C#N)c(F)c2)n3-c2ccc(N3CCCC3)cc2)C1. The summed E-state index contributed by atoms with van der Waals surface area (Å²) in [6.45, 7) is 3.96. The maximum Gasteiger partial charge on any atom is 0.167 e. The van der Waals surface area contributed by atoms with Crippen LogP contribution in [0.25, 0.3) is 28.2 Å². The molecule has 0 aliphatic carbocycles. The van der Waals surface area contributed by atoms with Crippen molar-refractivity contribution in [2.24, 2.45) is 10.9 Å². The van der Waals surface area contributed by atoms with Gasteiger partial charge in [0.1, 0.15) is 23.2 Å². The van der Waals surface area contributed by atoms with Crippen molar-refractivity contribution >= 4 is 28.8 Å². The van der Waals surface area contributed by atoms with Gasteiger partial charge in [-0.05, 0) is 74.2 Å². The van der Waals surface area contributed by atoms with E-state index in [0.717, 1.165) is 61.6 Å². The van der Waals surface area contributed by atoms with Crippen molar-refractivity contribution in [3.8, 4) is 23.1 Å². The molecule has 2 saturated heterocycles. The molecule has 2 aromatic carbocycles. The Bertz CT molecular complexity index is 1530. The number of hydrogen-bond acceptors (Lipinski definition) is 6. The summed E-state index contributed by atoms with van der Waals surface area (Å²) in [5.41, 5.74) is 5.26. The predicted octanol–water partition coefficient (Wildman–Crippen LogP) is 5.62. The molecule has 4 heterocycles. The second kappa shape index (κ2) is 10.3. The smallest absolute Gasteiger partial charge is 0.167 e. The van der Waals surface area contributed by atoms with Gasteiger partial charge in [0.15, 0.2) is 5.65 Å². The minimum atomic E-state index is -0.557. The van der Waals surface area contributed by atoms with Crippen LogP contribution in [0.2, 0.25) is 0 Å². The number of aliphatic imine (C=N–C) groups is 1. The molecule has 7 nitrogen and oxygen atoms in total. The highest BCUT2D eigenvalue weighted by Crippen LogP contribution is 2.35. The van der Waals surface area contributed by atoms with Gasteiger partial charge in [0.05, 0.1) is 11.3 Å². The number of aromatic nitrogens is 3. The third kappa shape index (κ3) is 4.38. The van der Waals surface area contributed by atoms with E-state index in [4.69, 9.17) is 9.97 Å². The summed E-state index contributed by atoms with van der Waals surface area (Å²) in [5.74, 6) is 0.434. The highest BCUT2D eigenvalue weighted by Gasteiger charge is 2.25. The van der Waals surface area contributed by atoms with E-state index in [0.29, 0.717) is 17.3 Å². The monoisotopic (exact) mass is 507 g/mol. The number of pyridine rings is 1. The second-order valence-electron chi connectivity index (χ2n) is 10.0. The molecule has 0 N–H and O–H groups in total. The molecule has 4 aromatic rings. The van der Waals surface area contributed by atoms with Gasteiger partial charge < -0.3 is 14.8 Å². The lowest BCUT2D eigenvalue weighted by atomic mass is 9.99. The van der Waals surface area contributed by atoms with Crippen molar-refractivity contribution < 1.29 is 4.39 Å². The molecule has 2 aliphatic heterocycles. The van der Waals surface area contributed by atoms with Crippen LogP contribution in [0.4, 0.5) is 15.8 Å². The van der Waals surface area contributed by atoms with Crippen molar-refractivity contribution in [3.05, 3.63) is 66.1 Å². The van der Waals surface area contributed by atoms with Gasteiger partial charge in [0.25, 0.3) is 0 Å². The molecule has 8 heteroatoms. The molecule has 0 radical (unpaired) electrons. The van der Waals surface area contributed by atoms with Gasteiger partial charge in [0, 0.05) is 68.5 Å². The van der Waals surface area contributed by atoms with E-state index < -0.39 is 5.82 Å². The van der Waals surface area contributed by atoms with Crippen molar-refractivity contribution in [2.75, 3.05) is 43.0 Å². The van der Waals surface area contributed by atoms with Crippen molar-refractivity contribution in [2.45, 2.75) is 25.7 Å². The van der Waals surface area contributed by atoms with Crippen LogP contribution in [0.1, 0.15) is 31.2 Å². The largest absolute Gasteiger partial charge is 0.372 e. The lowest BCUT2D eigenvalue weighted by Crippen LogP contribution is -2.36. The number of rotatable bonds is 5. The van der Waals surface area contributed by atoms with Gasteiger partial charge in [-0.3, -0.25) is 4.57 Å². The molecule has 2 aliphatic rings.